The number of thioether (sulfide) groups is 1. The third-order valence-corrected chi connectivity index (χ3v) is 6.89. The van der Waals surface area contributed by atoms with E-state index in [-0.39, 0.29) is 17.9 Å². The quantitative estimate of drug-likeness (QED) is 0.310. The molecule has 1 aromatic carbocycles. The molecule has 4 N–H and O–H groups in total. The molecule has 11 heteroatoms. The van der Waals surface area contributed by atoms with Crippen LogP contribution in [0.4, 0.5) is 15.9 Å². The predicted molar refractivity (Wildman–Crippen MR) is 122 cm³/mol. The summed E-state index contributed by atoms with van der Waals surface area (Å²) in [4.78, 5) is 23.3. The lowest BCUT2D eigenvalue weighted by atomic mass is 10.1. The van der Waals surface area contributed by atoms with Crippen LogP contribution in [0.2, 0.25) is 0 Å². The molecule has 4 heterocycles. The molecule has 1 aliphatic carbocycles. The molecule has 6 rings (SSSR count). The standard InChI is InChI=1S/C21H21FN8OS/c1-24-14-4-9(22)3-11-15-18(27-17(11)14)28-20(31-10-5-25-21(32-2)26-6-10)29-19(15)30-7-12-13(8-30)16(12)23/h3-6,12-13,16,24H,7-8,23H2,1-2H3,(H,27,28,29). The molecule has 0 radical (unpaired) electrons. The second kappa shape index (κ2) is 7.17. The Kier molecular flexibility index (Phi) is 4.37. The molecular weight excluding hydrogens is 431 g/mol. The van der Waals surface area contributed by atoms with Crippen LogP contribution in [0.15, 0.2) is 29.7 Å². The number of H-pyrrole nitrogens is 1. The molecule has 2 fully saturated rings. The Labute approximate surface area is 187 Å². The van der Waals surface area contributed by atoms with Gasteiger partial charge in [-0.25, -0.2) is 14.4 Å². The van der Waals surface area contributed by atoms with Crippen molar-refractivity contribution >= 4 is 45.2 Å². The normalized spacial score (nSPS) is 21.9. The number of rotatable bonds is 5. The largest absolute Gasteiger partial charge is 0.421 e. The van der Waals surface area contributed by atoms with Gasteiger partial charge in [-0.05, 0) is 30.2 Å². The fourth-order valence-corrected chi connectivity index (χ4v) is 4.93. The summed E-state index contributed by atoms with van der Waals surface area (Å²) >= 11 is 1.45. The highest BCUT2D eigenvalue weighted by Crippen LogP contribution is 2.47. The van der Waals surface area contributed by atoms with E-state index in [0.29, 0.717) is 39.9 Å². The van der Waals surface area contributed by atoms with Crippen LogP contribution in [0.1, 0.15) is 0 Å². The number of anilines is 2. The van der Waals surface area contributed by atoms with Gasteiger partial charge in [0.25, 0.3) is 0 Å². The number of fused-ring (bicyclic) bond motifs is 4. The molecule has 1 aliphatic heterocycles. The molecule has 3 aromatic heterocycles. The number of aromatic amines is 1. The first-order valence-corrected chi connectivity index (χ1v) is 11.5. The zero-order valence-electron chi connectivity index (χ0n) is 17.5. The molecule has 9 nitrogen and oxygen atoms in total. The molecule has 1 saturated heterocycles. The number of ether oxygens (including phenoxy) is 1. The van der Waals surface area contributed by atoms with Crippen molar-refractivity contribution in [1.82, 2.24) is 24.9 Å². The Morgan fingerprint density at radius 2 is 1.97 bits per heavy atom. The van der Waals surface area contributed by atoms with Crippen LogP contribution in [0.5, 0.6) is 11.8 Å². The van der Waals surface area contributed by atoms with Gasteiger partial charge in [0, 0.05) is 31.6 Å². The van der Waals surface area contributed by atoms with Gasteiger partial charge in [-0.3, -0.25) is 0 Å². The first kappa shape index (κ1) is 19.5. The van der Waals surface area contributed by atoms with Gasteiger partial charge in [0.1, 0.15) is 17.3 Å². The summed E-state index contributed by atoms with van der Waals surface area (Å²) < 4.78 is 20.3. The number of benzene rings is 1. The summed E-state index contributed by atoms with van der Waals surface area (Å²) in [5.41, 5.74) is 8.14. The molecule has 0 bridgehead atoms. The lowest BCUT2D eigenvalue weighted by Crippen LogP contribution is -2.29. The van der Waals surface area contributed by atoms with Crippen LogP contribution in [0.3, 0.4) is 0 Å². The molecular formula is C21H21FN8OS. The van der Waals surface area contributed by atoms with E-state index in [1.54, 1.807) is 19.4 Å². The van der Waals surface area contributed by atoms with Crippen molar-refractivity contribution in [1.29, 1.82) is 0 Å². The minimum absolute atomic E-state index is 0.177. The summed E-state index contributed by atoms with van der Waals surface area (Å²) in [7, 11) is 1.76. The lowest BCUT2D eigenvalue weighted by molar-refractivity contribution is 0.438. The number of nitrogens with zero attached hydrogens (tertiary/aromatic N) is 5. The van der Waals surface area contributed by atoms with Gasteiger partial charge in [0.05, 0.1) is 29.0 Å². The Balaban J connectivity index is 1.50. The van der Waals surface area contributed by atoms with Gasteiger partial charge in [-0.1, -0.05) is 11.8 Å². The zero-order chi connectivity index (χ0) is 22.0. The maximum Gasteiger partial charge on any atom is 0.326 e. The van der Waals surface area contributed by atoms with Crippen LogP contribution in [0.25, 0.3) is 21.9 Å². The summed E-state index contributed by atoms with van der Waals surface area (Å²) in [5.74, 6) is 1.76. The highest BCUT2D eigenvalue weighted by molar-refractivity contribution is 7.98. The topological polar surface area (TPSA) is 118 Å². The van der Waals surface area contributed by atoms with E-state index in [2.05, 4.69) is 30.2 Å². The Morgan fingerprint density at radius 3 is 2.66 bits per heavy atom. The SMILES string of the molecule is CNc1cc(F)cc2c1[nH]c1nc(Oc3cnc(SC)nc3)nc(N3CC4C(N)C4C3)c12. The van der Waals surface area contributed by atoms with Crippen LogP contribution in [-0.4, -0.2) is 57.4 Å². The molecule has 32 heavy (non-hydrogen) atoms. The van der Waals surface area contributed by atoms with E-state index >= 15 is 0 Å². The van der Waals surface area contributed by atoms with Crippen molar-refractivity contribution in [3.8, 4) is 11.8 Å². The summed E-state index contributed by atoms with van der Waals surface area (Å²) in [6.07, 6.45) is 5.09. The maximum absolute atomic E-state index is 14.4. The molecule has 2 atom stereocenters. The van der Waals surface area contributed by atoms with Crippen LogP contribution in [0, 0.1) is 17.7 Å². The first-order valence-electron chi connectivity index (χ1n) is 10.3. The van der Waals surface area contributed by atoms with Gasteiger partial charge >= 0.3 is 6.01 Å². The number of halogens is 1. The third kappa shape index (κ3) is 3.03. The molecule has 1 saturated carbocycles. The smallest absolute Gasteiger partial charge is 0.326 e. The number of nitrogens with two attached hydrogens (primary N) is 1. The molecule has 0 spiro atoms. The van der Waals surface area contributed by atoms with Crippen molar-refractivity contribution < 1.29 is 9.13 Å². The van der Waals surface area contributed by atoms with Crippen LogP contribution < -0.4 is 20.7 Å². The van der Waals surface area contributed by atoms with Crippen LogP contribution >= 0.6 is 11.8 Å². The Bertz CT molecular complexity index is 1330. The molecule has 4 aromatic rings. The Morgan fingerprint density at radius 1 is 1.22 bits per heavy atom. The van der Waals surface area contributed by atoms with Gasteiger partial charge in [-0.15, -0.1) is 0 Å². The molecule has 2 aliphatic rings. The average Bonchev–Trinajstić information content (AvgIpc) is 3.13. The van der Waals surface area contributed by atoms with Crippen molar-refractivity contribution in [2.75, 3.05) is 36.6 Å². The monoisotopic (exact) mass is 452 g/mol. The molecule has 0 amide bonds. The van der Waals surface area contributed by atoms with Gasteiger partial charge in [0.15, 0.2) is 10.9 Å². The second-order valence-corrected chi connectivity index (χ2v) is 8.90. The highest BCUT2D eigenvalue weighted by atomic mass is 32.2. The number of piperidine rings is 1. The van der Waals surface area contributed by atoms with E-state index in [4.69, 9.17) is 15.5 Å². The number of hydrogen-bond acceptors (Lipinski definition) is 9. The summed E-state index contributed by atoms with van der Waals surface area (Å²) in [5, 5.41) is 5.19. The van der Waals surface area contributed by atoms with Crippen molar-refractivity contribution in [2.24, 2.45) is 17.6 Å². The van der Waals surface area contributed by atoms with Crippen LogP contribution in [-0.2, 0) is 0 Å². The van der Waals surface area contributed by atoms with E-state index in [9.17, 15) is 4.39 Å². The number of hydrogen-bond donors (Lipinski definition) is 3. The zero-order valence-corrected chi connectivity index (χ0v) is 18.3. The first-order chi connectivity index (χ1) is 15.6. The summed E-state index contributed by atoms with van der Waals surface area (Å²) in [6.45, 7) is 1.62. The van der Waals surface area contributed by atoms with E-state index < -0.39 is 0 Å². The summed E-state index contributed by atoms with van der Waals surface area (Å²) in [6, 6.07) is 3.40. The maximum atomic E-state index is 14.4. The van der Waals surface area contributed by atoms with E-state index in [1.165, 1.54) is 23.9 Å². The van der Waals surface area contributed by atoms with E-state index in [0.717, 1.165) is 29.4 Å². The second-order valence-electron chi connectivity index (χ2n) is 8.12. The average molecular weight is 453 g/mol. The minimum atomic E-state index is -0.327. The third-order valence-electron chi connectivity index (χ3n) is 6.31. The number of aromatic nitrogens is 5. The van der Waals surface area contributed by atoms with Crippen molar-refractivity contribution in [3.63, 3.8) is 0 Å². The van der Waals surface area contributed by atoms with E-state index in [1.807, 2.05) is 6.26 Å². The fourth-order valence-electron chi connectivity index (χ4n) is 4.61. The van der Waals surface area contributed by atoms with Gasteiger partial charge < -0.3 is 25.7 Å². The predicted octanol–water partition coefficient (Wildman–Crippen LogP) is 2.99. The number of nitrogens with one attached hydrogen (secondary N) is 2. The fraction of sp³-hybridized carbons (Fsp3) is 0.333. The van der Waals surface area contributed by atoms with Gasteiger partial charge in [0.2, 0.25) is 0 Å². The molecule has 164 valence electrons. The Hall–Kier alpha value is -3.18. The van der Waals surface area contributed by atoms with Crippen molar-refractivity contribution in [3.05, 3.63) is 30.3 Å². The minimum Gasteiger partial charge on any atom is -0.421 e. The lowest BCUT2D eigenvalue weighted by Gasteiger charge is -2.21. The highest BCUT2D eigenvalue weighted by Gasteiger charge is 2.54. The molecule has 2 unspecified atom stereocenters. The van der Waals surface area contributed by atoms with Gasteiger partial charge in [-0.2, -0.15) is 9.97 Å². The van der Waals surface area contributed by atoms with Crippen molar-refractivity contribution in [2.45, 2.75) is 11.2 Å².